The van der Waals surface area contributed by atoms with Gasteiger partial charge in [-0.2, -0.15) is 0 Å². The molecule has 0 aromatic heterocycles. The molecule has 2 fully saturated rings. The fourth-order valence-corrected chi connectivity index (χ4v) is 3.95. The summed E-state index contributed by atoms with van der Waals surface area (Å²) in [5.74, 6) is 0.220. The standard InChI is InChI=1S/C16H24O8/c1-7-2-10-12(8(3-17)5-22-10)9(7)6-23-16-15(21)14(20)13(19)11(4-18)24-16/h3,5,7,9-16,18-21H,2,4,6H2,1H3/t7-,9-,10+,11-,12-,13-,14+,15-,16-/m1/s1. The van der Waals surface area contributed by atoms with Gasteiger partial charge in [0.05, 0.1) is 19.5 Å². The molecule has 1 saturated heterocycles. The Hall–Kier alpha value is -1.03. The third kappa shape index (κ3) is 2.98. The molecule has 1 aliphatic carbocycles. The highest BCUT2D eigenvalue weighted by molar-refractivity contribution is 5.74. The first kappa shape index (κ1) is 17.8. The van der Waals surface area contributed by atoms with E-state index in [1.165, 1.54) is 6.26 Å². The molecule has 8 nitrogen and oxygen atoms in total. The lowest BCUT2D eigenvalue weighted by molar-refractivity contribution is -0.304. The van der Waals surface area contributed by atoms with Crippen molar-refractivity contribution in [1.82, 2.24) is 0 Å². The number of aldehydes is 1. The van der Waals surface area contributed by atoms with Gasteiger partial charge in [-0.25, -0.2) is 0 Å². The molecule has 24 heavy (non-hydrogen) atoms. The highest BCUT2D eigenvalue weighted by Gasteiger charge is 2.49. The molecule has 2 aliphatic heterocycles. The summed E-state index contributed by atoms with van der Waals surface area (Å²) in [5, 5.41) is 38.8. The SMILES string of the molecule is C[C@@H]1C[C@@H]2OC=C(C=O)[C@@H]2[C@@H]1CO[C@@H]1O[C@H](CO)[C@@H](O)[C@H](O)[C@H]1O. The van der Waals surface area contributed by atoms with E-state index in [2.05, 4.69) is 0 Å². The van der Waals surface area contributed by atoms with Gasteiger partial charge in [0.15, 0.2) is 6.29 Å². The molecule has 0 aromatic rings. The monoisotopic (exact) mass is 344 g/mol. The van der Waals surface area contributed by atoms with E-state index in [1.807, 2.05) is 6.92 Å². The second kappa shape index (κ2) is 7.07. The number of hydrogen-bond acceptors (Lipinski definition) is 8. The Kier molecular flexibility index (Phi) is 5.24. The molecule has 3 rings (SSSR count). The molecule has 0 unspecified atom stereocenters. The fourth-order valence-electron chi connectivity index (χ4n) is 3.95. The van der Waals surface area contributed by atoms with Gasteiger partial charge < -0.3 is 34.6 Å². The van der Waals surface area contributed by atoms with E-state index in [0.717, 1.165) is 12.7 Å². The molecular weight excluding hydrogens is 320 g/mol. The molecule has 1 saturated carbocycles. The van der Waals surface area contributed by atoms with Crippen molar-refractivity contribution in [2.24, 2.45) is 17.8 Å². The lowest BCUT2D eigenvalue weighted by Crippen LogP contribution is -2.59. The number of hydrogen-bond donors (Lipinski definition) is 4. The van der Waals surface area contributed by atoms with Crippen molar-refractivity contribution in [3.63, 3.8) is 0 Å². The second-order valence-corrected chi connectivity index (χ2v) is 6.84. The lowest BCUT2D eigenvalue weighted by Gasteiger charge is -2.40. The van der Waals surface area contributed by atoms with Crippen molar-refractivity contribution in [3.05, 3.63) is 11.8 Å². The molecule has 0 bridgehead atoms. The van der Waals surface area contributed by atoms with Crippen molar-refractivity contribution in [2.75, 3.05) is 13.2 Å². The average molecular weight is 344 g/mol. The van der Waals surface area contributed by atoms with Crippen molar-refractivity contribution in [1.29, 1.82) is 0 Å². The smallest absolute Gasteiger partial charge is 0.186 e. The van der Waals surface area contributed by atoms with Gasteiger partial charge in [0.25, 0.3) is 0 Å². The third-order valence-electron chi connectivity index (χ3n) is 5.40. The van der Waals surface area contributed by atoms with E-state index in [1.54, 1.807) is 0 Å². The van der Waals surface area contributed by atoms with E-state index in [9.17, 15) is 25.2 Å². The normalized spacial score (nSPS) is 47.9. The summed E-state index contributed by atoms with van der Waals surface area (Å²) in [6.45, 7) is 1.76. The maximum atomic E-state index is 11.2. The summed E-state index contributed by atoms with van der Waals surface area (Å²) in [5.41, 5.74) is 0.603. The number of carbonyl (C=O) groups excluding carboxylic acids is 1. The predicted molar refractivity (Wildman–Crippen MR) is 79.5 cm³/mol. The first-order valence-corrected chi connectivity index (χ1v) is 8.20. The molecule has 8 heteroatoms. The minimum atomic E-state index is -1.46. The Balaban J connectivity index is 1.64. The highest BCUT2D eigenvalue weighted by atomic mass is 16.7. The van der Waals surface area contributed by atoms with E-state index in [4.69, 9.17) is 14.2 Å². The molecular formula is C16H24O8. The second-order valence-electron chi connectivity index (χ2n) is 6.84. The van der Waals surface area contributed by atoms with Crippen LogP contribution in [0.25, 0.3) is 0 Å². The van der Waals surface area contributed by atoms with Crippen molar-refractivity contribution < 1.29 is 39.4 Å². The van der Waals surface area contributed by atoms with Crippen LogP contribution in [0.4, 0.5) is 0 Å². The number of fused-ring (bicyclic) bond motifs is 1. The van der Waals surface area contributed by atoms with Crippen LogP contribution < -0.4 is 0 Å². The van der Waals surface area contributed by atoms with Crippen LogP contribution >= 0.6 is 0 Å². The fraction of sp³-hybridized carbons (Fsp3) is 0.812. The average Bonchev–Trinajstić information content (AvgIpc) is 3.10. The van der Waals surface area contributed by atoms with Crippen molar-refractivity contribution in [2.45, 2.75) is 50.2 Å². The number of aliphatic hydroxyl groups excluding tert-OH is 4. The maximum absolute atomic E-state index is 11.2. The maximum Gasteiger partial charge on any atom is 0.186 e. The number of ether oxygens (including phenoxy) is 3. The number of carbonyl (C=O) groups is 1. The van der Waals surface area contributed by atoms with Gasteiger partial charge in [-0.3, -0.25) is 4.79 Å². The summed E-state index contributed by atoms with van der Waals surface area (Å²) in [6, 6.07) is 0. The Morgan fingerprint density at radius 1 is 1.29 bits per heavy atom. The number of rotatable bonds is 5. The molecule has 2 heterocycles. The van der Waals surface area contributed by atoms with Gasteiger partial charge in [-0.1, -0.05) is 6.92 Å². The molecule has 4 N–H and O–H groups in total. The zero-order valence-electron chi connectivity index (χ0n) is 13.4. The Labute approximate surface area is 139 Å². The molecule has 0 amide bonds. The number of aliphatic hydroxyl groups is 4. The molecule has 3 aliphatic rings. The van der Waals surface area contributed by atoms with Crippen molar-refractivity contribution >= 4 is 6.29 Å². The largest absolute Gasteiger partial charge is 0.497 e. The Bertz CT molecular complexity index is 492. The molecule has 0 spiro atoms. The van der Waals surface area contributed by atoms with Gasteiger partial charge in [0.1, 0.15) is 36.8 Å². The summed E-state index contributed by atoms with van der Waals surface area (Å²) >= 11 is 0. The van der Waals surface area contributed by atoms with Crippen LogP contribution in [0.2, 0.25) is 0 Å². The zero-order chi connectivity index (χ0) is 17.4. The minimum Gasteiger partial charge on any atom is -0.497 e. The van der Waals surface area contributed by atoms with Crippen LogP contribution in [0.1, 0.15) is 13.3 Å². The van der Waals surface area contributed by atoms with Crippen LogP contribution in [-0.2, 0) is 19.0 Å². The zero-order valence-corrected chi connectivity index (χ0v) is 13.4. The van der Waals surface area contributed by atoms with E-state index >= 15 is 0 Å². The van der Waals surface area contributed by atoms with Crippen LogP contribution in [0.5, 0.6) is 0 Å². The van der Waals surface area contributed by atoms with Crippen molar-refractivity contribution in [3.8, 4) is 0 Å². The summed E-state index contributed by atoms with van der Waals surface area (Å²) in [4.78, 5) is 11.2. The molecule has 0 radical (unpaired) electrons. The van der Waals surface area contributed by atoms with Gasteiger partial charge in [0, 0.05) is 11.5 Å². The molecule has 136 valence electrons. The van der Waals surface area contributed by atoms with E-state index in [-0.39, 0.29) is 30.5 Å². The highest BCUT2D eigenvalue weighted by Crippen LogP contribution is 2.46. The first-order chi connectivity index (χ1) is 11.5. The van der Waals surface area contributed by atoms with Gasteiger partial charge in [-0.15, -0.1) is 0 Å². The predicted octanol–water partition coefficient (Wildman–Crippen LogP) is -1.44. The van der Waals surface area contributed by atoms with Crippen LogP contribution in [0.15, 0.2) is 11.8 Å². The van der Waals surface area contributed by atoms with Crippen LogP contribution in [-0.4, -0.2) is 76.7 Å². The Morgan fingerprint density at radius 3 is 2.71 bits per heavy atom. The summed E-state index contributed by atoms with van der Waals surface area (Å²) in [7, 11) is 0. The van der Waals surface area contributed by atoms with Gasteiger partial charge >= 0.3 is 0 Å². The summed E-state index contributed by atoms with van der Waals surface area (Å²) in [6.07, 6.45) is -3.39. The minimum absolute atomic E-state index is 0.0151. The lowest BCUT2D eigenvalue weighted by atomic mass is 9.86. The van der Waals surface area contributed by atoms with E-state index < -0.39 is 37.3 Å². The Morgan fingerprint density at radius 2 is 2.04 bits per heavy atom. The van der Waals surface area contributed by atoms with Gasteiger partial charge in [0.2, 0.25) is 0 Å². The molecule has 0 aromatic carbocycles. The quantitative estimate of drug-likeness (QED) is 0.447. The van der Waals surface area contributed by atoms with Crippen LogP contribution in [0, 0.1) is 17.8 Å². The first-order valence-electron chi connectivity index (χ1n) is 8.20. The van der Waals surface area contributed by atoms with Crippen LogP contribution in [0.3, 0.4) is 0 Å². The van der Waals surface area contributed by atoms with Gasteiger partial charge in [-0.05, 0) is 18.3 Å². The topological polar surface area (TPSA) is 126 Å². The summed E-state index contributed by atoms with van der Waals surface area (Å²) < 4.78 is 16.5. The van der Waals surface area contributed by atoms with E-state index in [0.29, 0.717) is 5.57 Å². The molecule has 9 atom stereocenters. The third-order valence-corrected chi connectivity index (χ3v) is 5.40.